The minimum absolute atomic E-state index is 0. The average Bonchev–Trinajstić information content (AvgIpc) is 2.07. The highest BCUT2D eigenvalue weighted by Crippen LogP contribution is 2.18. The molecule has 0 aliphatic heterocycles. The van der Waals surface area contributed by atoms with Gasteiger partial charge in [-0.05, 0) is 45.1 Å². The van der Waals surface area contributed by atoms with E-state index in [1.807, 2.05) is 0 Å². The van der Waals surface area contributed by atoms with Crippen LogP contribution in [0.3, 0.4) is 0 Å². The van der Waals surface area contributed by atoms with Crippen molar-refractivity contribution in [1.82, 2.24) is 0 Å². The van der Waals surface area contributed by atoms with Crippen molar-refractivity contribution in [3.05, 3.63) is 24.3 Å². The third-order valence-corrected chi connectivity index (χ3v) is 2.69. The van der Waals surface area contributed by atoms with Gasteiger partial charge < -0.3 is 4.90 Å². The van der Waals surface area contributed by atoms with Crippen molar-refractivity contribution in [2.75, 3.05) is 4.90 Å². The van der Waals surface area contributed by atoms with E-state index in [9.17, 15) is 0 Å². The SMILES string of the molecule is CC(C)N(c1ccc(P)cc1)C(C)C.Cl. The van der Waals surface area contributed by atoms with Gasteiger partial charge >= 0.3 is 0 Å². The molecule has 0 heterocycles. The molecule has 0 aliphatic carbocycles. The van der Waals surface area contributed by atoms with E-state index in [2.05, 4.69) is 66.1 Å². The Hall–Kier alpha value is -0.260. The molecule has 1 aromatic carbocycles. The van der Waals surface area contributed by atoms with E-state index in [-0.39, 0.29) is 12.4 Å². The fraction of sp³-hybridized carbons (Fsp3) is 0.500. The third kappa shape index (κ3) is 4.01. The lowest BCUT2D eigenvalue weighted by atomic mass is 10.2. The molecule has 0 aliphatic rings. The summed E-state index contributed by atoms with van der Waals surface area (Å²) in [6, 6.07) is 9.73. The lowest BCUT2D eigenvalue weighted by Gasteiger charge is -2.33. The summed E-state index contributed by atoms with van der Waals surface area (Å²) in [5.41, 5.74) is 1.31. The molecule has 0 saturated heterocycles. The maximum absolute atomic E-state index is 2.71. The van der Waals surface area contributed by atoms with Gasteiger partial charge in [0.25, 0.3) is 0 Å². The Morgan fingerprint density at radius 2 is 1.33 bits per heavy atom. The predicted molar refractivity (Wildman–Crippen MR) is 75.8 cm³/mol. The lowest BCUT2D eigenvalue weighted by molar-refractivity contribution is 0.608. The van der Waals surface area contributed by atoms with Gasteiger partial charge in [-0.1, -0.05) is 12.1 Å². The zero-order valence-electron chi connectivity index (χ0n) is 9.90. The molecule has 86 valence electrons. The molecule has 0 aromatic heterocycles. The first kappa shape index (κ1) is 14.7. The number of hydrogen-bond donors (Lipinski definition) is 0. The van der Waals surface area contributed by atoms with Crippen LogP contribution in [0.1, 0.15) is 27.7 Å². The van der Waals surface area contributed by atoms with Gasteiger partial charge in [-0.2, -0.15) is 0 Å². The fourth-order valence-corrected chi connectivity index (χ4v) is 2.03. The summed E-state index contributed by atoms with van der Waals surface area (Å²) in [6.45, 7) is 8.92. The monoisotopic (exact) mass is 245 g/mol. The van der Waals surface area contributed by atoms with Gasteiger partial charge in [0, 0.05) is 17.8 Å². The highest BCUT2D eigenvalue weighted by atomic mass is 35.5. The Morgan fingerprint density at radius 3 is 1.67 bits per heavy atom. The van der Waals surface area contributed by atoms with Gasteiger partial charge in [-0.15, -0.1) is 21.6 Å². The summed E-state index contributed by atoms with van der Waals surface area (Å²) in [4.78, 5) is 2.42. The number of halogens is 1. The van der Waals surface area contributed by atoms with E-state index < -0.39 is 0 Å². The number of benzene rings is 1. The Labute approximate surface area is 102 Å². The number of rotatable bonds is 3. The second-order valence-electron chi connectivity index (χ2n) is 4.19. The summed E-state index contributed by atoms with van der Waals surface area (Å²) in [7, 11) is 2.71. The highest BCUT2D eigenvalue weighted by Gasteiger charge is 2.13. The summed E-state index contributed by atoms with van der Waals surface area (Å²) >= 11 is 0. The third-order valence-electron chi connectivity index (χ3n) is 2.30. The average molecular weight is 246 g/mol. The molecule has 1 atom stereocenters. The molecule has 1 rings (SSSR count). The van der Waals surface area contributed by atoms with Gasteiger partial charge in [0.15, 0.2) is 0 Å². The molecule has 1 unspecified atom stereocenters. The lowest BCUT2D eigenvalue weighted by Crippen LogP contribution is -2.37. The van der Waals surface area contributed by atoms with Crippen LogP contribution >= 0.6 is 21.6 Å². The largest absolute Gasteiger partial charge is 0.367 e. The predicted octanol–water partition coefficient (Wildman–Crippen LogP) is 3.23. The van der Waals surface area contributed by atoms with Crippen LogP contribution in [0.25, 0.3) is 0 Å². The molecule has 3 heteroatoms. The number of hydrogen-bond acceptors (Lipinski definition) is 1. The molecular weight excluding hydrogens is 225 g/mol. The van der Waals surface area contributed by atoms with Crippen LogP contribution in [-0.2, 0) is 0 Å². The fourth-order valence-electron chi connectivity index (χ4n) is 1.84. The Bertz CT molecular complexity index is 274. The molecular formula is C12H21ClNP. The van der Waals surface area contributed by atoms with Crippen molar-refractivity contribution in [3.63, 3.8) is 0 Å². The molecule has 0 saturated carbocycles. The Kier molecular flexibility index (Phi) is 6.24. The van der Waals surface area contributed by atoms with Gasteiger partial charge in [0.2, 0.25) is 0 Å². The van der Waals surface area contributed by atoms with Gasteiger partial charge in [0.05, 0.1) is 0 Å². The highest BCUT2D eigenvalue weighted by molar-refractivity contribution is 7.27. The molecule has 15 heavy (non-hydrogen) atoms. The zero-order chi connectivity index (χ0) is 10.7. The first-order chi connectivity index (χ1) is 6.52. The normalized spacial score (nSPS) is 10.3. The van der Waals surface area contributed by atoms with Crippen molar-refractivity contribution in [2.24, 2.45) is 0 Å². The molecule has 0 spiro atoms. The Morgan fingerprint density at radius 1 is 0.933 bits per heavy atom. The molecule has 0 amide bonds. The molecule has 0 radical (unpaired) electrons. The molecule has 0 fully saturated rings. The van der Waals surface area contributed by atoms with Gasteiger partial charge in [-0.25, -0.2) is 0 Å². The minimum Gasteiger partial charge on any atom is -0.367 e. The topological polar surface area (TPSA) is 3.24 Å². The van der Waals surface area contributed by atoms with Crippen LogP contribution in [-0.4, -0.2) is 12.1 Å². The standard InChI is InChI=1S/C12H20NP.ClH/c1-9(2)13(10(3)4)11-5-7-12(14)8-6-11;/h5-10H,14H2,1-4H3;1H. The van der Waals surface area contributed by atoms with E-state index in [4.69, 9.17) is 0 Å². The first-order valence-corrected chi connectivity index (χ1v) is 5.74. The van der Waals surface area contributed by atoms with E-state index >= 15 is 0 Å². The van der Waals surface area contributed by atoms with E-state index in [0.717, 1.165) is 0 Å². The summed E-state index contributed by atoms with van der Waals surface area (Å²) in [6.07, 6.45) is 0. The number of anilines is 1. The van der Waals surface area contributed by atoms with Crippen molar-refractivity contribution in [3.8, 4) is 0 Å². The maximum Gasteiger partial charge on any atom is 0.0371 e. The van der Waals surface area contributed by atoms with Crippen LogP contribution in [0, 0.1) is 0 Å². The van der Waals surface area contributed by atoms with Crippen LogP contribution in [0.5, 0.6) is 0 Å². The molecule has 1 aromatic rings. The van der Waals surface area contributed by atoms with Crippen LogP contribution in [0.2, 0.25) is 0 Å². The molecule has 0 N–H and O–H groups in total. The van der Waals surface area contributed by atoms with Crippen molar-refractivity contribution in [1.29, 1.82) is 0 Å². The second-order valence-corrected chi connectivity index (χ2v) is 4.85. The molecule has 0 bridgehead atoms. The summed E-state index contributed by atoms with van der Waals surface area (Å²) in [5.74, 6) is 0. The summed E-state index contributed by atoms with van der Waals surface area (Å²) < 4.78 is 0. The van der Waals surface area contributed by atoms with Gasteiger partial charge in [0.1, 0.15) is 0 Å². The van der Waals surface area contributed by atoms with Crippen molar-refractivity contribution in [2.45, 2.75) is 39.8 Å². The van der Waals surface area contributed by atoms with Crippen LogP contribution in [0.15, 0.2) is 24.3 Å². The maximum atomic E-state index is 2.71. The van der Waals surface area contributed by atoms with E-state index in [1.54, 1.807) is 0 Å². The smallest absolute Gasteiger partial charge is 0.0371 e. The number of nitrogens with zero attached hydrogens (tertiary/aromatic N) is 1. The Balaban J connectivity index is 0.00000196. The minimum atomic E-state index is 0. The summed E-state index contributed by atoms with van der Waals surface area (Å²) in [5, 5.41) is 1.24. The van der Waals surface area contributed by atoms with Gasteiger partial charge in [-0.3, -0.25) is 0 Å². The first-order valence-electron chi connectivity index (χ1n) is 5.16. The van der Waals surface area contributed by atoms with Crippen molar-refractivity contribution >= 4 is 32.6 Å². The van der Waals surface area contributed by atoms with Crippen LogP contribution in [0.4, 0.5) is 5.69 Å². The van der Waals surface area contributed by atoms with Crippen LogP contribution < -0.4 is 10.2 Å². The quantitative estimate of drug-likeness (QED) is 0.739. The zero-order valence-corrected chi connectivity index (χ0v) is 11.9. The molecule has 1 nitrogen and oxygen atoms in total. The van der Waals surface area contributed by atoms with E-state index in [0.29, 0.717) is 12.1 Å². The van der Waals surface area contributed by atoms with E-state index in [1.165, 1.54) is 11.0 Å². The second kappa shape index (κ2) is 6.35. The van der Waals surface area contributed by atoms with Crippen molar-refractivity contribution < 1.29 is 0 Å².